The fourth-order valence-corrected chi connectivity index (χ4v) is 2.48. The molecule has 2 amide bonds. The van der Waals surface area contributed by atoms with Crippen LogP contribution in [0, 0.1) is 6.92 Å². The average Bonchev–Trinajstić information content (AvgIpc) is 2.90. The first-order valence-corrected chi connectivity index (χ1v) is 7.71. The highest BCUT2D eigenvalue weighted by atomic mass is 79.9. The highest BCUT2D eigenvalue weighted by Gasteiger charge is 2.09. The number of carbonyl (C=O) groups excluding carboxylic acids is 1. The summed E-state index contributed by atoms with van der Waals surface area (Å²) < 4.78 is 7.43. The zero-order valence-corrected chi connectivity index (χ0v) is 14.5. The van der Waals surface area contributed by atoms with Gasteiger partial charge in [0.25, 0.3) is 0 Å². The average molecular weight is 388 g/mol. The molecule has 2 rings (SSSR count). The first kappa shape index (κ1) is 16.8. The van der Waals surface area contributed by atoms with E-state index in [0.29, 0.717) is 29.5 Å². The molecule has 0 bridgehead atoms. The molecule has 0 saturated heterocycles. The van der Waals surface area contributed by atoms with Crippen LogP contribution >= 0.6 is 27.5 Å². The number of hydrogen-bond donors (Lipinski definition) is 2. The predicted molar refractivity (Wildman–Crippen MR) is 90.6 cm³/mol. The van der Waals surface area contributed by atoms with Gasteiger partial charge in [-0.05, 0) is 40.5 Å². The van der Waals surface area contributed by atoms with E-state index in [9.17, 15) is 4.79 Å². The number of rotatable bonds is 5. The molecule has 0 fully saturated rings. The van der Waals surface area contributed by atoms with Crippen LogP contribution in [0.25, 0.3) is 0 Å². The Hall–Kier alpha value is -1.57. The van der Waals surface area contributed by atoms with Crippen LogP contribution in [0.1, 0.15) is 5.56 Å². The van der Waals surface area contributed by atoms with Crippen molar-refractivity contribution in [3.05, 3.63) is 39.6 Å². The van der Waals surface area contributed by atoms with Crippen LogP contribution in [0.2, 0.25) is 5.02 Å². The molecule has 22 heavy (non-hydrogen) atoms. The minimum absolute atomic E-state index is 0.369. The third kappa shape index (κ3) is 4.46. The molecule has 2 aromatic rings. The number of urea groups is 1. The Morgan fingerprint density at radius 3 is 2.95 bits per heavy atom. The van der Waals surface area contributed by atoms with Gasteiger partial charge in [0, 0.05) is 22.8 Å². The standard InChI is InChI=1S/C14H16BrClN4O2/c1-9-5-11(15)13(6-12(9)16)19-14(21)18-10-7-17-20(8-10)3-4-22-2/h5-8H,3-4H2,1-2H3,(H2,18,19,21). The molecule has 0 spiro atoms. The zero-order valence-electron chi connectivity index (χ0n) is 12.2. The molecule has 118 valence electrons. The summed E-state index contributed by atoms with van der Waals surface area (Å²) in [5, 5.41) is 10.2. The fourth-order valence-electron chi connectivity index (χ4n) is 1.76. The molecule has 0 atom stereocenters. The summed E-state index contributed by atoms with van der Waals surface area (Å²) in [6.45, 7) is 3.08. The Morgan fingerprint density at radius 2 is 2.23 bits per heavy atom. The van der Waals surface area contributed by atoms with E-state index in [1.165, 1.54) is 0 Å². The third-order valence-corrected chi connectivity index (χ3v) is 3.98. The molecule has 0 aliphatic rings. The van der Waals surface area contributed by atoms with E-state index in [1.54, 1.807) is 30.3 Å². The van der Waals surface area contributed by atoms with Crippen LogP contribution in [0.15, 0.2) is 29.0 Å². The molecule has 0 saturated carbocycles. The molecule has 1 heterocycles. The van der Waals surface area contributed by atoms with Crippen molar-refractivity contribution in [3.63, 3.8) is 0 Å². The molecule has 8 heteroatoms. The molecule has 0 aliphatic carbocycles. The maximum absolute atomic E-state index is 12.0. The van der Waals surface area contributed by atoms with Gasteiger partial charge in [-0.3, -0.25) is 4.68 Å². The van der Waals surface area contributed by atoms with E-state index in [-0.39, 0.29) is 6.03 Å². The van der Waals surface area contributed by atoms with Crippen LogP contribution in [-0.4, -0.2) is 29.5 Å². The number of amides is 2. The molecular formula is C14H16BrClN4O2. The highest BCUT2D eigenvalue weighted by molar-refractivity contribution is 9.10. The van der Waals surface area contributed by atoms with Crippen molar-refractivity contribution < 1.29 is 9.53 Å². The molecule has 2 N–H and O–H groups in total. The SMILES string of the molecule is COCCn1cc(NC(=O)Nc2cc(Cl)c(C)cc2Br)cn1. The largest absolute Gasteiger partial charge is 0.383 e. The van der Waals surface area contributed by atoms with Gasteiger partial charge in [0.05, 0.1) is 30.7 Å². The minimum atomic E-state index is -0.369. The van der Waals surface area contributed by atoms with Gasteiger partial charge in [-0.25, -0.2) is 4.79 Å². The number of nitrogens with one attached hydrogen (secondary N) is 2. The van der Waals surface area contributed by atoms with Gasteiger partial charge < -0.3 is 15.4 Å². The van der Waals surface area contributed by atoms with Crippen molar-refractivity contribution in [1.29, 1.82) is 0 Å². The Kier molecular flexibility index (Phi) is 5.82. The number of benzene rings is 1. The van der Waals surface area contributed by atoms with Crippen LogP contribution in [0.5, 0.6) is 0 Å². The van der Waals surface area contributed by atoms with Gasteiger partial charge >= 0.3 is 6.03 Å². The van der Waals surface area contributed by atoms with Crippen LogP contribution in [0.4, 0.5) is 16.2 Å². The van der Waals surface area contributed by atoms with Crippen molar-refractivity contribution in [2.24, 2.45) is 0 Å². The predicted octanol–water partition coefficient (Wildman–Crippen LogP) is 3.90. The lowest BCUT2D eigenvalue weighted by Crippen LogP contribution is -2.19. The lowest BCUT2D eigenvalue weighted by molar-refractivity contribution is 0.183. The zero-order chi connectivity index (χ0) is 16.1. The number of carbonyl (C=O) groups is 1. The van der Waals surface area contributed by atoms with Gasteiger partial charge in [-0.15, -0.1) is 0 Å². The minimum Gasteiger partial charge on any atom is -0.383 e. The van der Waals surface area contributed by atoms with Crippen molar-refractivity contribution >= 4 is 44.9 Å². The first-order valence-electron chi connectivity index (χ1n) is 6.54. The van der Waals surface area contributed by atoms with Gasteiger partial charge in [-0.1, -0.05) is 11.6 Å². The summed E-state index contributed by atoms with van der Waals surface area (Å²) in [5.41, 5.74) is 2.13. The quantitative estimate of drug-likeness (QED) is 0.817. The molecule has 0 aliphatic heterocycles. The number of halogens is 2. The molecular weight excluding hydrogens is 372 g/mol. The number of aromatic nitrogens is 2. The monoisotopic (exact) mass is 386 g/mol. The molecule has 1 aromatic carbocycles. The van der Waals surface area contributed by atoms with Crippen LogP contribution in [0.3, 0.4) is 0 Å². The second kappa shape index (κ2) is 7.62. The van der Waals surface area contributed by atoms with E-state index in [0.717, 1.165) is 10.0 Å². The summed E-state index contributed by atoms with van der Waals surface area (Å²) in [7, 11) is 1.63. The van der Waals surface area contributed by atoms with Gasteiger partial charge in [0.2, 0.25) is 0 Å². The summed E-state index contributed by atoms with van der Waals surface area (Å²) in [6, 6.07) is 3.18. The Bertz CT molecular complexity index is 675. The van der Waals surface area contributed by atoms with E-state index >= 15 is 0 Å². The van der Waals surface area contributed by atoms with E-state index in [1.807, 2.05) is 13.0 Å². The lowest BCUT2D eigenvalue weighted by atomic mass is 10.2. The normalized spacial score (nSPS) is 10.5. The summed E-state index contributed by atoms with van der Waals surface area (Å²) in [5.74, 6) is 0. The Balaban J connectivity index is 1.98. The molecule has 0 unspecified atom stereocenters. The maximum atomic E-state index is 12.0. The van der Waals surface area contributed by atoms with E-state index in [2.05, 4.69) is 31.7 Å². The fraction of sp³-hybridized carbons (Fsp3) is 0.286. The topological polar surface area (TPSA) is 68.2 Å². The van der Waals surface area contributed by atoms with Crippen molar-refractivity contribution in [3.8, 4) is 0 Å². The second-order valence-electron chi connectivity index (χ2n) is 4.65. The third-order valence-electron chi connectivity index (χ3n) is 2.91. The summed E-state index contributed by atoms with van der Waals surface area (Å²) >= 11 is 9.46. The Morgan fingerprint density at radius 1 is 1.45 bits per heavy atom. The summed E-state index contributed by atoms with van der Waals surface area (Å²) in [4.78, 5) is 12.0. The number of nitrogens with zero attached hydrogens (tertiary/aromatic N) is 2. The Labute approximate surface area is 141 Å². The number of hydrogen-bond acceptors (Lipinski definition) is 3. The van der Waals surface area contributed by atoms with Gasteiger partial charge in [0.15, 0.2) is 0 Å². The molecule has 0 radical (unpaired) electrons. The smallest absolute Gasteiger partial charge is 0.323 e. The first-order chi connectivity index (χ1) is 10.5. The lowest BCUT2D eigenvalue weighted by Gasteiger charge is -2.10. The number of methoxy groups -OCH3 is 1. The van der Waals surface area contributed by atoms with Gasteiger partial charge in [0.1, 0.15) is 0 Å². The van der Waals surface area contributed by atoms with E-state index in [4.69, 9.17) is 16.3 Å². The number of aryl methyl sites for hydroxylation is 1. The summed E-state index contributed by atoms with van der Waals surface area (Å²) in [6.07, 6.45) is 3.31. The number of anilines is 2. The molecule has 6 nitrogen and oxygen atoms in total. The number of ether oxygens (including phenoxy) is 1. The van der Waals surface area contributed by atoms with Crippen molar-refractivity contribution in [2.45, 2.75) is 13.5 Å². The second-order valence-corrected chi connectivity index (χ2v) is 5.91. The molecule has 1 aromatic heterocycles. The van der Waals surface area contributed by atoms with E-state index < -0.39 is 0 Å². The van der Waals surface area contributed by atoms with Crippen LogP contribution < -0.4 is 10.6 Å². The van der Waals surface area contributed by atoms with Crippen LogP contribution in [-0.2, 0) is 11.3 Å². The highest BCUT2D eigenvalue weighted by Crippen LogP contribution is 2.29. The van der Waals surface area contributed by atoms with Crippen molar-refractivity contribution in [1.82, 2.24) is 9.78 Å². The maximum Gasteiger partial charge on any atom is 0.323 e. The van der Waals surface area contributed by atoms with Crippen molar-refractivity contribution in [2.75, 3.05) is 24.4 Å². The van der Waals surface area contributed by atoms with Gasteiger partial charge in [-0.2, -0.15) is 5.10 Å².